The normalized spacial score (nSPS) is 13.0. The molecule has 0 aliphatic carbocycles. The van der Waals surface area contributed by atoms with E-state index < -0.39 is 32.5 Å². The molecule has 0 aromatic carbocycles. The Hall–Kier alpha value is -2.25. The molecule has 0 bridgehead atoms. The maximum atomic E-state index is 12.4. The summed E-state index contributed by atoms with van der Waals surface area (Å²) in [5.41, 5.74) is 0. The largest absolute Gasteiger partial charge is 0.469 e. The zero-order valence-corrected chi connectivity index (χ0v) is 38.1. The number of phosphoric acid groups is 1. The highest BCUT2D eigenvalue weighted by Crippen LogP contribution is 2.36. The molecule has 0 aliphatic rings. The average Bonchev–Trinajstić information content (AvgIpc) is 3.20. The van der Waals surface area contributed by atoms with Crippen molar-refractivity contribution in [1.29, 1.82) is 0 Å². The maximum absolute atomic E-state index is 12.4. The van der Waals surface area contributed by atoms with Crippen molar-refractivity contribution in [1.82, 2.24) is 0 Å². The first-order valence-electron chi connectivity index (χ1n) is 23.6. The number of hydrogen-bond donors (Lipinski definition) is 2. The maximum Gasteiger partial charge on any atom is 0.469 e. The Balaban J connectivity index is 3.92. The molecule has 9 heteroatoms. The summed E-state index contributed by atoms with van der Waals surface area (Å²) in [4.78, 5) is 43.0. The van der Waals surface area contributed by atoms with Crippen molar-refractivity contribution < 1.29 is 37.9 Å². The minimum atomic E-state index is -4.77. The lowest BCUT2D eigenvalue weighted by molar-refractivity contribution is -0.161. The first-order valence-corrected chi connectivity index (χ1v) is 25.1. The van der Waals surface area contributed by atoms with Crippen molar-refractivity contribution in [2.75, 3.05) is 13.2 Å². The lowest BCUT2D eigenvalue weighted by Crippen LogP contribution is -2.29. The third-order valence-electron chi connectivity index (χ3n) is 10.0. The molecule has 0 rings (SSSR count). The molecule has 0 amide bonds. The average molecular weight is 835 g/mol. The molecular weight excluding hydrogens is 748 g/mol. The second-order valence-electron chi connectivity index (χ2n) is 15.7. The lowest BCUT2D eigenvalue weighted by Gasteiger charge is -2.18. The van der Waals surface area contributed by atoms with Crippen LogP contribution in [0.1, 0.15) is 219 Å². The van der Waals surface area contributed by atoms with Crippen LogP contribution in [-0.2, 0) is 28.2 Å². The number of carbonyl (C=O) groups is 2. The second kappa shape index (κ2) is 44.3. The van der Waals surface area contributed by atoms with Gasteiger partial charge < -0.3 is 19.3 Å². The van der Waals surface area contributed by atoms with E-state index in [-0.39, 0.29) is 19.4 Å². The molecule has 1 atom stereocenters. The molecule has 0 fully saturated rings. The lowest BCUT2D eigenvalue weighted by atomic mass is 10.0. The first-order chi connectivity index (χ1) is 28.3. The van der Waals surface area contributed by atoms with Crippen LogP contribution in [0.2, 0.25) is 0 Å². The first kappa shape index (κ1) is 55.8. The van der Waals surface area contributed by atoms with E-state index in [1.165, 1.54) is 128 Å². The molecule has 8 nitrogen and oxygen atoms in total. The smallest absolute Gasteiger partial charge is 0.462 e. The zero-order chi connectivity index (χ0) is 42.5. The molecule has 0 saturated heterocycles. The highest BCUT2D eigenvalue weighted by Gasteiger charge is 2.22. The number of hydrogen-bond acceptors (Lipinski definition) is 6. The summed E-state index contributed by atoms with van der Waals surface area (Å²) in [6, 6.07) is 0. The van der Waals surface area contributed by atoms with Crippen molar-refractivity contribution in [3.05, 3.63) is 60.8 Å². The fourth-order valence-corrected chi connectivity index (χ4v) is 6.83. The summed E-state index contributed by atoms with van der Waals surface area (Å²) in [7, 11) is -4.77. The van der Waals surface area contributed by atoms with Gasteiger partial charge in [0.2, 0.25) is 0 Å². The SMILES string of the molecule is CCCCC/C=C\C/C=C\C/C=C\C/C=C\CCCCCC(=O)O[C@H](COC(=O)CCCCCCCCCCCCC/C=C\CCCCCCCC)COP(=O)(O)O. The summed E-state index contributed by atoms with van der Waals surface area (Å²) in [6.45, 7) is 3.64. The van der Waals surface area contributed by atoms with Gasteiger partial charge in [0.1, 0.15) is 6.61 Å². The number of phosphoric ester groups is 1. The van der Waals surface area contributed by atoms with E-state index in [9.17, 15) is 14.2 Å². The van der Waals surface area contributed by atoms with Gasteiger partial charge in [0.15, 0.2) is 6.10 Å². The van der Waals surface area contributed by atoms with Crippen molar-refractivity contribution in [2.45, 2.75) is 225 Å². The molecule has 2 N–H and O–H groups in total. The van der Waals surface area contributed by atoms with Crippen LogP contribution in [0.5, 0.6) is 0 Å². The predicted octanol–water partition coefficient (Wildman–Crippen LogP) is 14.9. The van der Waals surface area contributed by atoms with E-state index in [0.29, 0.717) is 6.42 Å². The molecule has 0 unspecified atom stereocenters. The number of unbranched alkanes of at least 4 members (excludes halogenated alkanes) is 23. The van der Waals surface area contributed by atoms with Crippen molar-refractivity contribution in [3.8, 4) is 0 Å². The summed E-state index contributed by atoms with van der Waals surface area (Å²) >= 11 is 0. The topological polar surface area (TPSA) is 119 Å². The van der Waals surface area contributed by atoms with Gasteiger partial charge in [-0.15, -0.1) is 0 Å². The second-order valence-corrected chi connectivity index (χ2v) is 17.0. The molecule has 0 aromatic rings. The van der Waals surface area contributed by atoms with E-state index in [1.54, 1.807) is 0 Å². The molecule has 0 heterocycles. The van der Waals surface area contributed by atoms with Gasteiger partial charge >= 0.3 is 19.8 Å². The fraction of sp³-hybridized carbons (Fsp3) is 0.755. The Bertz CT molecular complexity index is 1120. The Morgan fingerprint density at radius 3 is 1.22 bits per heavy atom. The number of allylic oxidation sites excluding steroid dienone is 10. The number of esters is 2. The van der Waals surface area contributed by atoms with Crippen molar-refractivity contribution in [2.24, 2.45) is 0 Å². The molecular formula is C49H87O8P. The van der Waals surface area contributed by atoms with E-state index in [0.717, 1.165) is 57.8 Å². The van der Waals surface area contributed by atoms with Gasteiger partial charge in [-0.2, -0.15) is 0 Å². The summed E-state index contributed by atoms with van der Waals surface area (Å²) in [6.07, 6.45) is 56.6. The van der Waals surface area contributed by atoms with Gasteiger partial charge in [-0.25, -0.2) is 4.57 Å². The van der Waals surface area contributed by atoms with Crippen LogP contribution >= 0.6 is 7.82 Å². The Morgan fingerprint density at radius 2 is 0.776 bits per heavy atom. The van der Waals surface area contributed by atoms with Gasteiger partial charge in [-0.3, -0.25) is 14.1 Å². The number of ether oxygens (including phenoxy) is 2. The van der Waals surface area contributed by atoms with Gasteiger partial charge in [0.05, 0.1) is 6.61 Å². The Labute approximate surface area is 356 Å². The van der Waals surface area contributed by atoms with Crippen LogP contribution in [0, 0.1) is 0 Å². The van der Waals surface area contributed by atoms with Gasteiger partial charge in [-0.05, 0) is 83.5 Å². The monoisotopic (exact) mass is 835 g/mol. The quantitative estimate of drug-likeness (QED) is 0.0270. The standard InChI is InChI=1S/C49H87O8P/c1-3-5-7-9-11-13-15-17-19-21-23-24-26-27-29-31-33-35-37-39-41-43-48(50)55-45-47(46-56-58(52,53)54)57-49(51)44-42-40-38-36-34-32-30-28-25-22-20-18-16-14-12-10-8-6-4-2/h12,14,17-20,25,28,32,34,47H,3-11,13,15-16,21-24,26-27,29-31,33,35-46H2,1-2H3,(H2,52,53,54)/b14-12-,19-17-,20-18-,28-25-,34-32-/t47-/m1/s1. The Kier molecular flexibility index (Phi) is 42.6. The summed E-state index contributed by atoms with van der Waals surface area (Å²) in [5, 5.41) is 0. The van der Waals surface area contributed by atoms with Crippen LogP contribution in [-0.4, -0.2) is 41.0 Å². The molecule has 0 saturated carbocycles. The number of carbonyl (C=O) groups excluding carboxylic acids is 2. The van der Waals surface area contributed by atoms with Gasteiger partial charge in [0.25, 0.3) is 0 Å². The third kappa shape index (κ3) is 46.4. The van der Waals surface area contributed by atoms with E-state index in [4.69, 9.17) is 19.3 Å². The third-order valence-corrected chi connectivity index (χ3v) is 10.5. The molecule has 0 aromatic heterocycles. The summed E-state index contributed by atoms with van der Waals surface area (Å²) < 4.78 is 26.4. The van der Waals surface area contributed by atoms with E-state index in [1.807, 2.05) is 0 Å². The van der Waals surface area contributed by atoms with Crippen molar-refractivity contribution >= 4 is 19.8 Å². The number of rotatable bonds is 43. The minimum Gasteiger partial charge on any atom is -0.462 e. The van der Waals surface area contributed by atoms with Gasteiger partial charge in [0, 0.05) is 12.8 Å². The van der Waals surface area contributed by atoms with Crippen LogP contribution in [0.4, 0.5) is 0 Å². The fourth-order valence-electron chi connectivity index (χ4n) is 6.47. The van der Waals surface area contributed by atoms with Crippen LogP contribution in [0.25, 0.3) is 0 Å². The van der Waals surface area contributed by atoms with Crippen molar-refractivity contribution in [3.63, 3.8) is 0 Å². The Morgan fingerprint density at radius 1 is 0.448 bits per heavy atom. The van der Waals surface area contributed by atoms with Gasteiger partial charge in [-0.1, -0.05) is 184 Å². The molecule has 0 spiro atoms. The molecule has 58 heavy (non-hydrogen) atoms. The predicted molar refractivity (Wildman–Crippen MR) is 244 cm³/mol. The van der Waals surface area contributed by atoms with Crippen LogP contribution in [0.15, 0.2) is 60.8 Å². The van der Waals surface area contributed by atoms with Crippen LogP contribution < -0.4 is 0 Å². The minimum absolute atomic E-state index is 0.173. The summed E-state index contributed by atoms with van der Waals surface area (Å²) in [5.74, 6) is -0.919. The van der Waals surface area contributed by atoms with E-state index in [2.05, 4.69) is 79.1 Å². The van der Waals surface area contributed by atoms with E-state index >= 15 is 0 Å². The molecule has 0 aliphatic heterocycles. The molecule has 336 valence electrons. The highest BCUT2D eigenvalue weighted by atomic mass is 31.2. The molecule has 0 radical (unpaired) electrons. The van der Waals surface area contributed by atoms with Crippen LogP contribution in [0.3, 0.4) is 0 Å². The highest BCUT2D eigenvalue weighted by molar-refractivity contribution is 7.46. The zero-order valence-electron chi connectivity index (χ0n) is 37.2.